The van der Waals surface area contributed by atoms with E-state index in [2.05, 4.69) is 17.1 Å². The molecule has 0 amide bonds. The number of nitrogens with zero attached hydrogens (tertiary/aromatic N) is 2. The quantitative estimate of drug-likeness (QED) is 0.774. The Labute approximate surface area is 155 Å². The molecule has 2 atom stereocenters. The van der Waals surface area contributed by atoms with Gasteiger partial charge >= 0.3 is 0 Å². The van der Waals surface area contributed by atoms with Crippen LogP contribution >= 0.6 is 0 Å². The van der Waals surface area contributed by atoms with Crippen LogP contribution in [0.5, 0.6) is 0 Å². The highest BCUT2D eigenvalue weighted by atomic mass is 32.2. The number of morpholine rings is 2. The van der Waals surface area contributed by atoms with Crippen LogP contribution in [0.3, 0.4) is 0 Å². The topological polar surface area (TPSA) is 80.2 Å². The molecule has 0 aromatic heterocycles. The first-order valence-corrected chi connectivity index (χ1v) is 11.5. The Bertz CT molecular complexity index is 738. The van der Waals surface area contributed by atoms with Gasteiger partial charge in [0.1, 0.15) is 17.5 Å². The van der Waals surface area contributed by atoms with Crippen LogP contribution in [0, 0.1) is 5.92 Å². The number of hydrogen-bond acceptors (Lipinski definition) is 7. The first-order chi connectivity index (χ1) is 12.3. The van der Waals surface area contributed by atoms with Crippen LogP contribution in [0.15, 0.2) is 16.4 Å². The molecule has 1 aliphatic carbocycles. The van der Waals surface area contributed by atoms with E-state index in [9.17, 15) is 8.42 Å². The number of aliphatic imine (C=N–C) groups is 1. The highest BCUT2D eigenvalue weighted by Crippen LogP contribution is 2.44. The summed E-state index contributed by atoms with van der Waals surface area (Å²) in [4.78, 5) is 7.00. The molecule has 146 valence electrons. The van der Waals surface area contributed by atoms with E-state index in [0.29, 0.717) is 44.3 Å². The summed E-state index contributed by atoms with van der Waals surface area (Å²) in [5, 5.41) is 3.37. The molecule has 2 saturated heterocycles. The predicted octanol–water partition coefficient (Wildman–Crippen LogP) is 1.27. The van der Waals surface area contributed by atoms with Crippen molar-refractivity contribution in [2.24, 2.45) is 10.9 Å². The standard InChI is InChI=1S/C18H29N3O4S/c1-12-4-6-18(7-5-12,26(3,22)23)16-15-17(20-13(2)19-16)21-8-9-24-10-14(21)11-25-15/h12-14,19H,4-11H2,1-3H3. The zero-order chi connectivity index (χ0) is 18.5. The number of amidine groups is 1. The Morgan fingerprint density at radius 3 is 2.65 bits per heavy atom. The average molecular weight is 384 g/mol. The molecule has 4 aliphatic rings. The molecule has 8 heteroatoms. The summed E-state index contributed by atoms with van der Waals surface area (Å²) in [5.41, 5.74) is 0.731. The van der Waals surface area contributed by atoms with Crippen LogP contribution in [-0.2, 0) is 19.3 Å². The van der Waals surface area contributed by atoms with Gasteiger partial charge in [-0.1, -0.05) is 6.92 Å². The maximum atomic E-state index is 13.0. The van der Waals surface area contributed by atoms with Crippen molar-refractivity contribution in [2.75, 3.05) is 32.6 Å². The summed E-state index contributed by atoms with van der Waals surface area (Å²) in [7, 11) is -3.31. The van der Waals surface area contributed by atoms with Gasteiger partial charge in [-0.05, 0) is 38.5 Å². The van der Waals surface area contributed by atoms with E-state index in [-0.39, 0.29) is 12.2 Å². The summed E-state index contributed by atoms with van der Waals surface area (Å²) >= 11 is 0. The lowest BCUT2D eigenvalue weighted by atomic mass is 9.79. The van der Waals surface area contributed by atoms with Crippen molar-refractivity contribution < 1.29 is 17.9 Å². The number of rotatable bonds is 2. The first-order valence-electron chi connectivity index (χ1n) is 9.58. The van der Waals surface area contributed by atoms with E-state index in [0.717, 1.165) is 30.9 Å². The molecule has 0 radical (unpaired) electrons. The molecule has 1 N–H and O–H groups in total. The Morgan fingerprint density at radius 2 is 1.96 bits per heavy atom. The van der Waals surface area contributed by atoms with E-state index in [1.54, 1.807) is 0 Å². The normalized spacial score (nSPS) is 37.9. The van der Waals surface area contributed by atoms with Crippen molar-refractivity contribution in [1.82, 2.24) is 10.2 Å². The Balaban J connectivity index is 1.81. The molecule has 0 spiro atoms. The number of nitrogens with one attached hydrogen (secondary N) is 1. The van der Waals surface area contributed by atoms with Crippen LogP contribution in [0.1, 0.15) is 39.5 Å². The maximum Gasteiger partial charge on any atom is 0.182 e. The minimum atomic E-state index is -3.31. The fourth-order valence-electron chi connectivity index (χ4n) is 4.63. The summed E-state index contributed by atoms with van der Waals surface area (Å²) in [6, 6.07) is 0.151. The van der Waals surface area contributed by atoms with Gasteiger partial charge in [0, 0.05) is 12.8 Å². The Hall–Kier alpha value is -1.28. The molecule has 2 unspecified atom stereocenters. The number of fused-ring (bicyclic) bond motifs is 3. The molecule has 3 fully saturated rings. The highest BCUT2D eigenvalue weighted by Gasteiger charge is 2.51. The molecular formula is C18H29N3O4S. The third-order valence-corrected chi connectivity index (χ3v) is 8.30. The van der Waals surface area contributed by atoms with Gasteiger partial charge in [-0.15, -0.1) is 0 Å². The van der Waals surface area contributed by atoms with Crippen LogP contribution in [0.25, 0.3) is 0 Å². The van der Waals surface area contributed by atoms with E-state index in [4.69, 9.17) is 14.5 Å². The smallest absolute Gasteiger partial charge is 0.182 e. The zero-order valence-corrected chi connectivity index (χ0v) is 16.6. The second kappa shape index (κ2) is 6.41. The number of ether oxygens (including phenoxy) is 2. The fourth-order valence-corrected chi connectivity index (χ4v) is 6.13. The van der Waals surface area contributed by atoms with Crippen molar-refractivity contribution in [3.05, 3.63) is 11.5 Å². The van der Waals surface area contributed by atoms with Gasteiger partial charge in [0.2, 0.25) is 0 Å². The molecule has 0 aromatic carbocycles. The monoisotopic (exact) mass is 383 g/mol. The lowest BCUT2D eigenvalue weighted by Gasteiger charge is -2.47. The number of hydrogen-bond donors (Lipinski definition) is 1. The zero-order valence-electron chi connectivity index (χ0n) is 15.8. The minimum absolute atomic E-state index is 0.151. The van der Waals surface area contributed by atoms with Crippen molar-refractivity contribution in [3.63, 3.8) is 0 Å². The van der Waals surface area contributed by atoms with Crippen LogP contribution in [0.4, 0.5) is 0 Å². The van der Waals surface area contributed by atoms with Crippen LogP contribution < -0.4 is 5.32 Å². The second-order valence-corrected chi connectivity index (χ2v) is 10.5. The summed E-state index contributed by atoms with van der Waals surface area (Å²) in [5.74, 6) is 1.99. The first kappa shape index (κ1) is 18.1. The van der Waals surface area contributed by atoms with E-state index in [1.807, 2.05) is 6.92 Å². The predicted molar refractivity (Wildman–Crippen MR) is 99.5 cm³/mol. The van der Waals surface area contributed by atoms with Gasteiger partial charge in [0.25, 0.3) is 0 Å². The van der Waals surface area contributed by atoms with E-state index < -0.39 is 14.6 Å². The third kappa shape index (κ3) is 2.81. The average Bonchev–Trinajstić information content (AvgIpc) is 2.61. The van der Waals surface area contributed by atoms with Gasteiger partial charge < -0.3 is 19.7 Å². The number of sulfone groups is 1. The third-order valence-electron chi connectivity index (χ3n) is 6.27. The molecule has 0 bridgehead atoms. The van der Waals surface area contributed by atoms with Gasteiger partial charge in [0.15, 0.2) is 21.4 Å². The molecule has 3 aliphatic heterocycles. The molecule has 4 rings (SSSR count). The maximum absolute atomic E-state index is 13.0. The van der Waals surface area contributed by atoms with Crippen molar-refractivity contribution in [3.8, 4) is 0 Å². The van der Waals surface area contributed by atoms with Gasteiger partial charge in [0.05, 0.1) is 25.0 Å². The molecule has 7 nitrogen and oxygen atoms in total. The molecule has 3 heterocycles. The summed E-state index contributed by atoms with van der Waals surface area (Å²) in [6.45, 7) is 6.72. The van der Waals surface area contributed by atoms with E-state index in [1.165, 1.54) is 6.26 Å². The molecule has 1 saturated carbocycles. The van der Waals surface area contributed by atoms with Gasteiger partial charge in [-0.25, -0.2) is 13.4 Å². The lowest BCUT2D eigenvalue weighted by Crippen LogP contribution is -2.59. The van der Waals surface area contributed by atoms with Crippen molar-refractivity contribution in [2.45, 2.75) is 56.5 Å². The largest absolute Gasteiger partial charge is 0.486 e. The fraction of sp³-hybridized carbons (Fsp3) is 0.833. The SMILES string of the molecule is CC1CCC(C2=C3OCC4COCCN4C3=NC(C)N2)(S(C)(=O)=O)CC1. The summed E-state index contributed by atoms with van der Waals surface area (Å²) in [6.07, 6.45) is 4.28. The highest BCUT2D eigenvalue weighted by molar-refractivity contribution is 7.92. The van der Waals surface area contributed by atoms with Gasteiger partial charge in [-0.3, -0.25) is 0 Å². The van der Waals surface area contributed by atoms with Crippen LogP contribution in [-0.4, -0.2) is 68.7 Å². The van der Waals surface area contributed by atoms with E-state index >= 15 is 0 Å². The summed E-state index contributed by atoms with van der Waals surface area (Å²) < 4.78 is 36.7. The second-order valence-electron chi connectivity index (χ2n) is 8.16. The van der Waals surface area contributed by atoms with Gasteiger partial charge in [-0.2, -0.15) is 0 Å². The minimum Gasteiger partial charge on any atom is -0.486 e. The molecular weight excluding hydrogens is 354 g/mol. The Morgan fingerprint density at radius 1 is 1.23 bits per heavy atom. The van der Waals surface area contributed by atoms with Crippen molar-refractivity contribution in [1.29, 1.82) is 0 Å². The van der Waals surface area contributed by atoms with Crippen LogP contribution in [0.2, 0.25) is 0 Å². The van der Waals surface area contributed by atoms with Crippen molar-refractivity contribution >= 4 is 15.7 Å². The molecule has 0 aromatic rings. The molecule has 26 heavy (non-hydrogen) atoms. The Kier molecular flexibility index (Phi) is 4.46. The lowest BCUT2D eigenvalue weighted by molar-refractivity contribution is -0.0173.